The van der Waals surface area contributed by atoms with Crippen LogP contribution in [0, 0.1) is 11.7 Å². The molecule has 0 radical (unpaired) electrons. The number of rotatable bonds is 3. The van der Waals surface area contributed by atoms with Crippen molar-refractivity contribution in [3.05, 3.63) is 34.1 Å². The van der Waals surface area contributed by atoms with Crippen LogP contribution in [0.5, 0.6) is 0 Å². The molecule has 94 valence electrons. The average molecular weight is 302 g/mol. The molecule has 3 unspecified atom stereocenters. The van der Waals surface area contributed by atoms with Crippen LogP contribution in [-0.4, -0.2) is 18.8 Å². The van der Waals surface area contributed by atoms with E-state index >= 15 is 0 Å². The molecule has 4 heteroatoms. The standard InChI is InChI=1S/C13H17BrFNO/c1-8-2-10(7-17-8)13(16)5-9-3-11(14)6-12(15)4-9/h3-4,6,8,10,13H,2,5,7,16H2,1H3. The fraction of sp³-hybridized carbons (Fsp3) is 0.538. The highest BCUT2D eigenvalue weighted by molar-refractivity contribution is 9.10. The maximum Gasteiger partial charge on any atom is 0.124 e. The highest BCUT2D eigenvalue weighted by Crippen LogP contribution is 2.24. The van der Waals surface area contributed by atoms with Gasteiger partial charge in [0.05, 0.1) is 12.7 Å². The maximum absolute atomic E-state index is 13.2. The van der Waals surface area contributed by atoms with Gasteiger partial charge in [-0.05, 0) is 43.5 Å². The van der Waals surface area contributed by atoms with Crippen LogP contribution in [0.3, 0.4) is 0 Å². The largest absolute Gasteiger partial charge is 0.378 e. The van der Waals surface area contributed by atoms with Crippen LogP contribution in [0.1, 0.15) is 18.9 Å². The number of hydrogen-bond acceptors (Lipinski definition) is 2. The molecule has 0 bridgehead atoms. The zero-order chi connectivity index (χ0) is 12.4. The number of ether oxygens (including phenoxy) is 1. The lowest BCUT2D eigenvalue weighted by molar-refractivity contribution is 0.118. The molecule has 0 aromatic heterocycles. The molecule has 1 aromatic rings. The van der Waals surface area contributed by atoms with E-state index in [4.69, 9.17) is 10.5 Å². The molecule has 1 heterocycles. The quantitative estimate of drug-likeness (QED) is 0.932. The minimum Gasteiger partial charge on any atom is -0.378 e. The van der Waals surface area contributed by atoms with E-state index in [2.05, 4.69) is 22.9 Å². The zero-order valence-electron chi connectivity index (χ0n) is 9.83. The van der Waals surface area contributed by atoms with E-state index in [1.54, 1.807) is 6.07 Å². The molecule has 3 atom stereocenters. The van der Waals surface area contributed by atoms with Crippen molar-refractivity contribution in [2.24, 2.45) is 11.7 Å². The Kier molecular flexibility index (Phi) is 4.17. The van der Waals surface area contributed by atoms with Gasteiger partial charge >= 0.3 is 0 Å². The summed E-state index contributed by atoms with van der Waals surface area (Å²) in [7, 11) is 0. The Morgan fingerprint density at radius 3 is 2.88 bits per heavy atom. The summed E-state index contributed by atoms with van der Waals surface area (Å²) in [5.74, 6) is 0.157. The number of benzene rings is 1. The first-order valence-electron chi connectivity index (χ1n) is 5.86. The predicted molar refractivity (Wildman–Crippen MR) is 69.3 cm³/mol. The number of nitrogens with two attached hydrogens (primary N) is 1. The zero-order valence-corrected chi connectivity index (χ0v) is 11.4. The Morgan fingerprint density at radius 1 is 1.53 bits per heavy atom. The van der Waals surface area contributed by atoms with Crippen LogP contribution in [0.25, 0.3) is 0 Å². The van der Waals surface area contributed by atoms with Crippen LogP contribution in [0.4, 0.5) is 4.39 Å². The van der Waals surface area contributed by atoms with Gasteiger partial charge in [-0.1, -0.05) is 15.9 Å². The molecule has 1 aliphatic heterocycles. The van der Waals surface area contributed by atoms with Crippen LogP contribution < -0.4 is 5.73 Å². The molecule has 1 aromatic carbocycles. The monoisotopic (exact) mass is 301 g/mol. The molecular weight excluding hydrogens is 285 g/mol. The highest BCUT2D eigenvalue weighted by Gasteiger charge is 2.27. The fourth-order valence-corrected chi connectivity index (χ4v) is 2.83. The molecule has 2 N–H and O–H groups in total. The SMILES string of the molecule is CC1CC(C(N)Cc2cc(F)cc(Br)c2)CO1. The minimum absolute atomic E-state index is 0.0358. The Bertz CT molecular complexity index is 379. The lowest BCUT2D eigenvalue weighted by Gasteiger charge is -2.17. The van der Waals surface area contributed by atoms with Gasteiger partial charge < -0.3 is 10.5 Å². The number of halogens is 2. The van der Waals surface area contributed by atoms with Crippen LogP contribution in [0.2, 0.25) is 0 Å². The van der Waals surface area contributed by atoms with E-state index in [1.165, 1.54) is 6.07 Å². The summed E-state index contributed by atoms with van der Waals surface area (Å²) in [4.78, 5) is 0. The van der Waals surface area contributed by atoms with Crippen LogP contribution in [0.15, 0.2) is 22.7 Å². The van der Waals surface area contributed by atoms with Crippen molar-refractivity contribution in [3.63, 3.8) is 0 Å². The minimum atomic E-state index is -0.224. The van der Waals surface area contributed by atoms with E-state index in [1.807, 2.05) is 6.07 Å². The molecule has 0 saturated carbocycles. The Hall–Kier alpha value is -0.450. The van der Waals surface area contributed by atoms with Crippen molar-refractivity contribution in [1.29, 1.82) is 0 Å². The van der Waals surface area contributed by atoms with Crippen molar-refractivity contribution >= 4 is 15.9 Å². The summed E-state index contributed by atoms with van der Waals surface area (Å²) < 4.78 is 19.5. The van der Waals surface area contributed by atoms with Gasteiger partial charge in [0.1, 0.15) is 5.82 Å². The molecule has 1 saturated heterocycles. The Balaban J connectivity index is 2.00. The third-order valence-electron chi connectivity index (χ3n) is 3.23. The molecule has 0 spiro atoms. The summed E-state index contributed by atoms with van der Waals surface area (Å²) in [6.07, 6.45) is 1.99. The lowest BCUT2D eigenvalue weighted by Crippen LogP contribution is -2.32. The second-order valence-corrected chi connectivity index (χ2v) is 5.70. The third kappa shape index (κ3) is 3.50. The predicted octanol–water partition coefficient (Wildman–Crippen LogP) is 2.88. The highest BCUT2D eigenvalue weighted by atomic mass is 79.9. The number of hydrogen-bond donors (Lipinski definition) is 1. The van der Waals surface area contributed by atoms with Crippen molar-refractivity contribution < 1.29 is 9.13 Å². The second kappa shape index (κ2) is 5.46. The van der Waals surface area contributed by atoms with Crippen molar-refractivity contribution in [2.45, 2.75) is 31.9 Å². The van der Waals surface area contributed by atoms with Crippen molar-refractivity contribution in [2.75, 3.05) is 6.61 Å². The van der Waals surface area contributed by atoms with E-state index in [-0.39, 0.29) is 11.9 Å². The van der Waals surface area contributed by atoms with E-state index < -0.39 is 0 Å². The van der Waals surface area contributed by atoms with Crippen LogP contribution >= 0.6 is 15.9 Å². The van der Waals surface area contributed by atoms with Gasteiger partial charge in [0, 0.05) is 16.4 Å². The summed E-state index contributed by atoms with van der Waals surface area (Å²) >= 11 is 3.29. The van der Waals surface area contributed by atoms with Gasteiger partial charge in [0.15, 0.2) is 0 Å². The van der Waals surface area contributed by atoms with Gasteiger partial charge in [-0.25, -0.2) is 4.39 Å². The molecule has 1 aliphatic rings. The topological polar surface area (TPSA) is 35.2 Å². The maximum atomic E-state index is 13.2. The van der Waals surface area contributed by atoms with Gasteiger partial charge in [-0.15, -0.1) is 0 Å². The first-order chi connectivity index (χ1) is 8.04. The van der Waals surface area contributed by atoms with E-state index in [0.717, 1.165) is 23.1 Å². The normalized spacial score (nSPS) is 26.1. The molecule has 0 amide bonds. The molecular formula is C13H17BrFNO. The van der Waals surface area contributed by atoms with Gasteiger partial charge in [0.25, 0.3) is 0 Å². The average Bonchev–Trinajstić information content (AvgIpc) is 2.63. The van der Waals surface area contributed by atoms with E-state index in [9.17, 15) is 4.39 Å². The molecule has 2 rings (SSSR count). The van der Waals surface area contributed by atoms with E-state index in [0.29, 0.717) is 18.4 Å². The summed E-state index contributed by atoms with van der Waals surface area (Å²) in [5.41, 5.74) is 7.09. The Labute approximate surface area is 109 Å². The summed E-state index contributed by atoms with van der Waals surface area (Å²) in [6, 6.07) is 4.95. The van der Waals surface area contributed by atoms with Gasteiger partial charge in [-0.3, -0.25) is 0 Å². The smallest absolute Gasteiger partial charge is 0.124 e. The van der Waals surface area contributed by atoms with Gasteiger partial charge in [0.2, 0.25) is 0 Å². The molecule has 17 heavy (non-hydrogen) atoms. The Morgan fingerprint density at radius 2 is 2.29 bits per heavy atom. The second-order valence-electron chi connectivity index (χ2n) is 4.79. The van der Waals surface area contributed by atoms with Crippen molar-refractivity contribution in [3.8, 4) is 0 Å². The first-order valence-corrected chi connectivity index (χ1v) is 6.66. The molecule has 2 nitrogen and oxygen atoms in total. The summed E-state index contributed by atoms with van der Waals surface area (Å²) in [6.45, 7) is 2.78. The third-order valence-corrected chi connectivity index (χ3v) is 3.69. The molecule has 1 fully saturated rings. The van der Waals surface area contributed by atoms with Crippen molar-refractivity contribution in [1.82, 2.24) is 0 Å². The first kappa shape index (κ1) is 13.0. The summed E-state index contributed by atoms with van der Waals surface area (Å²) in [5, 5.41) is 0. The molecule has 0 aliphatic carbocycles. The lowest BCUT2D eigenvalue weighted by atomic mass is 9.92. The van der Waals surface area contributed by atoms with Crippen LogP contribution in [-0.2, 0) is 11.2 Å². The fourth-order valence-electron chi connectivity index (χ4n) is 2.32. The van der Waals surface area contributed by atoms with Gasteiger partial charge in [-0.2, -0.15) is 0 Å².